The van der Waals surface area contributed by atoms with E-state index in [4.69, 9.17) is 0 Å². The maximum absolute atomic E-state index is 11.0. The number of anilines is 1. The van der Waals surface area contributed by atoms with Crippen LogP contribution in [0.5, 0.6) is 0 Å². The first-order valence-electron chi connectivity index (χ1n) is 7.33. The highest BCUT2D eigenvalue weighted by Gasteiger charge is 2.47. The van der Waals surface area contributed by atoms with Crippen LogP contribution in [0, 0.1) is 5.92 Å². The van der Waals surface area contributed by atoms with Crippen molar-refractivity contribution < 1.29 is 5.11 Å². The van der Waals surface area contributed by atoms with E-state index in [0.29, 0.717) is 5.92 Å². The van der Waals surface area contributed by atoms with Crippen molar-refractivity contribution in [1.29, 1.82) is 0 Å². The molecule has 0 radical (unpaired) electrons. The quantitative estimate of drug-likeness (QED) is 0.835. The van der Waals surface area contributed by atoms with E-state index in [9.17, 15) is 5.11 Å². The summed E-state index contributed by atoms with van der Waals surface area (Å²) in [5.41, 5.74) is 0.675. The van der Waals surface area contributed by atoms with Crippen LogP contribution in [0.2, 0.25) is 0 Å². The summed E-state index contributed by atoms with van der Waals surface area (Å²) in [4.78, 5) is 0. The summed E-state index contributed by atoms with van der Waals surface area (Å²) in [6, 6.07) is 10.6. The Morgan fingerprint density at radius 3 is 2.61 bits per heavy atom. The second-order valence-corrected chi connectivity index (χ2v) is 5.93. The molecular weight excluding hydrogens is 222 g/mol. The van der Waals surface area contributed by atoms with Gasteiger partial charge in [-0.05, 0) is 43.7 Å². The molecule has 0 saturated heterocycles. The largest absolute Gasteiger partial charge is 0.387 e. The maximum atomic E-state index is 11.0. The van der Waals surface area contributed by atoms with Crippen LogP contribution in [-0.4, -0.2) is 16.7 Å². The van der Waals surface area contributed by atoms with Crippen molar-refractivity contribution in [3.8, 4) is 0 Å². The standard InChI is InChI=1S/C16H23NO/c18-16-12-5-4-7-13(16)8-6-11-15(16)17-14-9-2-1-3-10-14/h1-3,9-10,13,15,17-18H,4-8,11-12H2/t13?,15?,16-/m1/s1. The molecule has 2 heteroatoms. The molecule has 2 aliphatic carbocycles. The molecule has 1 aromatic carbocycles. The van der Waals surface area contributed by atoms with Gasteiger partial charge in [-0.2, -0.15) is 0 Å². The highest BCUT2D eigenvalue weighted by Crippen LogP contribution is 2.44. The van der Waals surface area contributed by atoms with Gasteiger partial charge in [-0.15, -0.1) is 0 Å². The third-order valence-corrected chi connectivity index (χ3v) is 4.85. The predicted octanol–water partition coefficient (Wildman–Crippen LogP) is 3.57. The first kappa shape index (κ1) is 12.0. The van der Waals surface area contributed by atoms with Crippen LogP contribution in [0.25, 0.3) is 0 Å². The minimum atomic E-state index is -0.466. The van der Waals surface area contributed by atoms with Crippen LogP contribution in [0.3, 0.4) is 0 Å². The van der Waals surface area contributed by atoms with Crippen LogP contribution in [0.1, 0.15) is 44.9 Å². The van der Waals surface area contributed by atoms with E-state index in [0.717, 1.165) is 18.5 Å². The highest BCUT2D eigenvalue weighted by atomic mass is 16.3. The van der Waals surface area contributed by atoms with Crippen molar-refractivity contribution in [2.75, 3.05) is 5.32 Å². The summed E-state index contributed by atoms with van der Waals surface area (Å²) in [7, 11) is 0. The molecule has 18 heavy (non-hydrogen) atoms. The number of fused-ring (bicyclic) bond motifs is 1. The zero-order chi connectivity index (χ0) is 12.4. The summed E-state index contributed by atoms with van der Waals surface area (Å²) in [5.74, 6) is 0.515. The van der Waals surface area contributed by atoms with Crippen molar-refractivity contribution in [2.24, 2.45) is 5.92 Å². The van der Waals surface area contributed by atoms with Crippen molar-refractivity contribution in [2.45, 2.75) is 56.6 Å². The smallest absolute Gasteiger partial charge is 0.0875 e. The van der Waals surface area contributed by atoms with Crippen LogP contribution >= 0.6 is 0 Å². The average molecular weight is 245 g/mol. The lowest BCUT2D eigenvalue weighted by molar-refractivity contribution is -0.0835. The summed E-state index contributed by atoms with van der Waals surface area (Å²) in [6.07, 6.45) is 8.22. The fourth-order valence-electron chi connectivity index (χ4n) is 3.86. The average Bonchev–Trinajstić information content (AvgIpc) is 2.41. The third-order valence-electron chi connectivity index (χ3n) is 4.85. The second kappa shape index (κ2) is 4.93. The lowest BCUT2D eigenvalue weighted by Crippen LogP contribution is -2.56. The van der Waals surface area contributed by atoms with Gasteiger partial charge in [0, 0.05) is 5.69 Å². The lowest BCUT2D eigenvalue weighted by atomic mass is 9.65. The fraction of sp³-hybridized carbons (Fsp3) is 0.625. The molecule has 0 aromatic heterocycles. The minimum Gasteiger partial charge on any atom is -0.387 e. The van der Waals surface area contributed by atoms with Gasteiger partial charge in [-0.25, -0.2) is 0 Å². The number of para-hydroxylation sites is 1. The molecule has 98 valence electrons. The highest BCUT2D eigenvalue weighted by molar-refractivity contribution is 5.44. The van der Waals surface area contributed by atoms with E-state index in [1.807, 2.05) is 18.2 Å². The van der Waals surface area contributed by atoms with Gasteiger partial charge in [0.2, 0.25) is 0 Å². The summed E-state index contributed by atoms with van der Waals surface area (Å²) >= 11 is 0. The maximum Gasteiger partial charge on any atom is 0.0875 e. The topological polar surface area (TPSA) is 32.3 Å². The second-order valence-electron chi connectivity index (χ2n) is 5.93. The predicted molar refractivity (Wildman–Crippen MR) is 74.6 cm³/mol. The summed E-state index contributed by atoms with van der Waals surface area (Å²) < 4.78 is 0. The first-order valence-corrected chi connectivity index (χ1v) is 7.33. The van der Waals surface area contributed by atoms with E-state index in [-0.39, 0.29) is 6.04 Å². The molecule has 1 aromatic rings. The Morgan fingerprint density at radius 1 is 1.00 bits per heavy atom. The van der Waals surface area contributed by atoms with Crippen LogP contribution in [-0.2, 0) is 0 Å². The molecule has 2 saturated carbocycles. The van der Waals surface area contributed by atoms with Gasteiger partial charge in [0.05, 0.1) is 11.6 Å². The van der Waals surface area contributed by atoms with E-state index in [1.165, 1.54) is 32.1 Å². The van der Waals surface area contributed by atoms with E-state index < -0.39 is 5.60 Å². The number of benzene rings is 1. The number of hydrogen-bond acceptors (Lipinski definition) is 2. The molecule has 0 heterocycles. The van der Waals surface area contributed by atoms with Crippen molar-refractivity contribution >= 4 is 5.69 Å². The van der Waals surface area contributed by atoms with Crippen molar-refractivity contribution in [3.63, 3.8) is 0 Å². The molecule has 3 atom stereocenters. The van der Waals surface area contributed by atoms with Gasteiger partial charge in [-0.3, -0.25) is 0 Å². The van der Waals surface area contributed by atoms with Crippen LogP contribution in [0.15, 0.2) is 30.3 Å². The number of aliphatic hydroxyl groups is 1. The Hall–Kier alpha value is -1.02. The zero-order valence-corrected chi connectivity index (χ0v) is 10.9. The molecule has 2 aliphatic rings. The number of nitrogens with one attached hydrogen (secondary N) is 1. The van der Waals surface area contributed by atoms with E-state index in [2.05, 4.69) is 17.4 Å². The fourth-order valence-corrected chi connectivity index (χ4v) is 3.86. The molecule has 0 amide bonds. The number of hydrogen-bond donors (Lipinski definition) is 2. The normalized spacial score (nSPS) is 35.8. The van der Waals surface area contributed by atoms with Crippen molar-refractivity contribution in [3.05, 3.63) is 30.3 Å². The van der Waals surface area contributed by atoms with E-state index in [1.54, 1.807) is 0 Å². The zero-order valence-electron chi connectivity index (χ0n) is 10.9. The Kier molecular flexibility index (Phi) is 3.29. The van der Waals surface area contributed by atoms with Gasteiger partial charge in [0.1, 0.15) is 0 Å². The van der Waals surface area contributed by atoms with Gasteiger partial charge in [0.15, 0.2) is 0 Å². The monoisotopic (exact) mass is 245 g/mol. The van der Waals surface area contributed by atoms with E-state index >= 15 is 0 Å². The Morgan fingerprint density at radius 2 is 1.78 bits per heavy atom. The summed E-state index contributed by atoms with van der Waals surface area (Å²) in [5, 5.41) is 14.6. The molecule has 2 unspecified atom stereocenters. The van der Waals surface area contributed by atoms with Crippen molar-refractivity contribution in [1.82, 2.24) is 0 Å². The van der Waals surface area contributed by atoms with Gasteiger partial charge in [-0.1, -0.05) is 37.5 Å². The number of rotatable bonds is 2. The molecule has 2 fully saturated rings. The minimum absolute atomic E-state index is 0.235. The van der Waals surface area contributed by atoms with Crippen LogP contribution in [0.4, 0.5) is 5.69 Å². The van der Waals surface area contributed by atoms with Crippen LogP contribution < -0.4 is 5.32 Å². The SMILES string of the molecule is O[C@]12CCCCC1CCCC2Nc1ccccc1. The van der Waals surface area contributed by atoms with Gasteiger partial charge < -0.3 is 10.4 Å². The Balaban J connectivity index is 1.78. The molecular formula is C16H23NO. The molecule has 0 spiro atoms. The van der Waals surface area contributed by atoms with Gasteiger partial charge in [0.25, 0.3) is 0 Å². The molecule has 2 N–H and O–H groups in total. The Labute approximate surface area is 109 Å². The van der Waals surface area contributed by atoms with Gasteiger partial charge >= 0.3 is 0 Å². The summed E-state index contributed by atoms with van der Waals surface area (Å²) in [6.45, 7) is 0. The third kappa shape index (κ3) is 2.14. The lowest BCUT2D eigenvalue weighted by Gasteiger charge is -2.49. The molecule has 0 bridgehead atoms. The molecule has 0 aliphatic heterocycles. The first-order chi connectivity index (χ1) is 8.79. The molecule has 2 nitrogen and oxygen atoms in total. The Bertz CT molecular complexity index is 389. The molecule has 3 rings (SSSR count).